The Hall–Kier alpha value is -6.59. The summed E-state index contributed by atoms with van der Waals surface area (Å²) in [7, 11) is 2.10. The third kappa shape index (κ3) is 6.08. The topological polar surface area (TPSA) is 40.0 Å². The minimum atomic E-state index is 0. The molecule has 6 heteroatoms. The first-order valence-electron chi connectivity index (χ1n) is 20.9. The van der Waals surface area contributed by atoms with Gasteiger partial charge in [-0.25, -0.2) is 0 Å². The minimum Gasteiger partial charge on any atom is -0.367 e. The van der Waals surface area contributed by atoms with Crippen molar-refractivity contribution in [3.05, 3.63) is 181 Å². The number of fused-ring (bicyclic) bond motifs is 10. The van der Waals surface area contributed by atoms with E-state index in [9.17, 15) is 0 Å². The van der Waals surface area contributed by atoms with Crippen LogP contribution < -0.4 is 0 Å². The molecule has 61 heavy (non-hydrogen) atoms. The largest absolute Gasteiger partial charge is 0.367 e. The molecule has 0 atom stereocenters. The van der Waals surface area contributed by atoms with Crippen LogP contribution in [0.2, 0.25) is 0 Å². The molecule has 0 saturated carbocycles. The van der Waals surface area contributed by atoms with Crippen LogP contribution in [0.25, 0.3) is 99.4 Å². The fourth-order valence-electron chi connectivity index (χ4n) is 9.43. The van der Waals surface area contributed by atoms with E-state index in [4.69, 9.17) is 9.97 Å². The van der Waals surface area contributed by atoms with E-state index in [1.54, 1.807) is 0 Å². The molecule has 12 aromatic rings. The Labute approximate surface area is 368 Å². The van der Waals surface area contributed by atoms with Gasteiger partial charge in [0, 0.05) is 59.8 Å². The van der Waals surface area contributed by atoms with Crippen LogP contribution in [0.15, 0.2) is 158 Å². The van der Waals surface area contributed by atoms with Gasteiger partial charge in [0.2, 0.25) is 0 Å². The van der Waals surface area contributed by atoms with E-state index in [0.717, 1.165) is 44.8 Å². The molecule has 0 N–H and O–H groups in total. The number of aryl methyl sites for hydroxylation is 1. The number of para-hydroxylation sites is 5. The third-order valence-electron chi connectivity index (χ3n) is 12.2. The Kier molecular flexibility index (Phi) is 9.59. The summed E-state index contributed by atoms with van der Waals surface area (Å²) < 4.78 is 6.99. The summed E-state index contributed by atoms with van der Waals surface area (Å²) in [5.41, 5.74) is 14.1. The molecule has 0 spiro atoms. The smallest absolute Gasteiger partial charge is 0.0777 e. The number of imidazole rings is 2. The van der Waals surface area contributed by atoms with Gasteiger partial charge >= 0.3 is 0 Å². The molecule has 12 rings (SSSR count). The number of aromatic nitrogens is 5. The normalized spacial score (nSPS) is 11.9. The summed E-state index contributed by atoms with van der Waals surface area (Å²) in [6.07, 6.45) is 0. The van der Waals surface area contributed by atoms with Crippen LogP contribution in [-0.4, -0.2) is 23.5 Å². The first-order chi connectivity index (χ1) is 29.4. The van der Waals surface area contributed by atoms with Gasteiger partial charge in [-0.1, -0.05) is 107 Å². The number of nitrogens with zero attached hydrogens (tertiary/aromatic N) is 5. The summed E-state index contributed by atoms with van der Waals surface area (Å²) in [6, 6.07) is 62.4. The van der Waals surface area contributed by atoms with Crippen molar-refractivity contribution in [1.29, 1.82) is 0 Å². The predicted octanol–water partition coefficient (Wildman–Crippen LogP) is 14.1. The summed E-state index contributed by atoms with van der Waals surface area (Å²) >= 11 is 0. The SMILES string of the molecule is CC(C)c1cccc(C(C)C)c1-n1c(-c2[c-]cccc2)nc2ccccc21.Cn1c(-c2[c-]cccc2)nc2cc3ccc4c5cccc6c7ccccc7n(c4c3cc21)c65.[Ir]. The van der Waals surface area contributed by atoms with Crippen LogP contribution in [-0.2, 0) is 27.2 Å². The van der Waals surface area contributed by atoms with Crippen molar-refractivity contribution in [1.82, 2.24) is 23.5 Å². The molecule has 4 aromatic heterocycles. The number of rotatable bonds is 5. The Balaban J connectivity index is 0.000000147. The first kappa shape index (κ1) is 38.6. The second-order valence-electron chi connectivity index (χ2n) is 16.5. The zero-order valence-electron chi connectivity index (χ0n) is 34.7. The monoisotopic (exact) mass is 966 g/mol. The molecule has 299 valence electrons. The first-order valence-corrected chi connectivity index (χ1v) is 20.9. The van der Waals surface area contributed by atoms with E-state index in [1.165, 1.54) is 65.7 Å². The summed E-state index contributed by atoms with van der Waals surface area (Å²) in [5, 5.41) is 7.70. The Morgan fingerprint density at radius 3 is 1.72 bits per heavy atom. The van der Waals surface area contributed by atoms with Crippen LogP contribution in [0.1, 0.15) is 50.7 Å². The molecule has 4 heterocycles. The maximum Gasteiger partial charge on any atom is 0.0777 e. The molecule has 0 aliphatic carbocycles. The van der Waals surface area contributed by atoms with E-state index in [1.807, 2.05) is 36.4 Å². The van der Waals surface area contributed by atoms with Gasteiger partial charge < -0.3 is 13.5 Å². The standard InChI is InChI=1S/C30H18N3.C25H25N2.Ir/c1-32-27-17-24-19(16-25(27)31-30(32)18-8-3-2-4-9-18)14-15-23-22-12-7-11-21-20-10-5-6-13-26(20)33(28(21)22)29(23)24;1-17(2)20-13-10-14-21(18(3)4)24(20)27-23-16-9-8-15-22(23)26-25(27)19-11-6-5-7-12-19;/h2-8,10-17H,1H3;5-11,13-18H,1-4H3;/q2*-1;. The zero-order chi connectivity index (χ0) is 40.6. The van der Waals surface area contributed by atoms with Crippen LogP contribution in [0, 0.1) is 12.1 Å². The summed E-state index contributed by atoms with van der Waals surface area (Å²) in [5.74, 6) is 2.74. The molecule has 0 aliphatic rings. The molecule has 5 nitrogen and oxygen atoms in total. The number of hydrogen-bond acceptors (Lipinski definition) is 2. The molecule has 0 saturated heterocycles. The predicted molar refractivity (Wildman–Crippen MR) is 251 cm³/mol. The van der Waals surface area contributed by atoms with Gasteiger partial charge in [0.1, 0.15) is 0 Å². The molecule has 1 radical (unpaired) electrons. The second-order valence-corrected chi connectivity index (χ2v) is 16.5. The van der Waals surface area contributed by atoms with Gasteiger partial charge in [-0.05, 0) is 58.7 Å². The molecular formula is C55H43IrN5-2. The molecule has 0 unspecified atom stereocenters. The van der Waals surface area contributed by atoms with Gasteiger partial charge in [-0.15, -0.1) is 71.8 Å². The molecular weight excluding hydrogens is 923 g/mol. The molecule has 0 amide bonds. The average Bonchev–Trinajstić information content (AvgIpc) is 4.03. The van der Waals surface area contributed by atoms with Crippen LogP contribution >= 0.6 is 0 Å². The molecule has 0 aliphatic heterocycles. The van der Waals surface area contributed by atoms with Gasteiger partial charge in [-0.3, -0.25) is 9.97 Å². The van der Waals surface area contributed by atoms with Gasteiger partial charge in [0.05, 0.1) is 50.3 Å². The van der Waals surface area contributed by atoms with Gasteiger partial charge in [-0.2, -0.15) is 0 Å². The fraction of sp³-hybridized carbons (Fsp3) is 0.127. The van der Waals surface area contributed by atoms with Crippen molar-refractivity contribution in [2.45, 2.75) is 39.5 Å². The van der Waals surface area contributed by atoms with Crippen LogP contribution in [0.3, 0.4) is 0 Å². The second kappa shape index (κ2) is 15.1. The van der Waals surface area contributed by atoms with Crippen LogP contribution in [0.4, 0.5) is 0 Å². The van der Waals surface area contributed by atoms with Crippen molar-refractivity contribution in [2.24, 2.45) is 7.05 Å². The average molecular weight is 966 g/mol. The van der Waals surface area contributed by atoms with Crippen molar-refractivity contribution in [3.63, 3.8) is 0 Å². The van der Waals surface area contributed by atoms with Crippen molar-refractivity contribution < 1.29 is 20.1 Å². The summed E-state index contributed by atoms with van der Waals surface area (Å²) in [4.78, 5) is 9.96. The zero-order valence-corrected chi connectivity index (χ0v) is 37.1. The molecule has 0 fully saturated rings. The van der Waals surface area contributed by atoms with Crippen molar-refractivity contribution in [2.75, 3.05) is 0 Å². The fourth-order valence-corrected chi connectivity index (χ4v) is 9.43. The van der Waals surface area contributed by atoms with Crippen LogP contribution in [0.5, 0.6) is 0 Å². The maximum atomic E-state index is 4.99. The van der Waals surface area contributed by atoms with E-state index in [2.05, 4.69) is 182 Å². The van der Waals surface area contributed by atoms with E-state index in [0.29, 0.717) is 11.8 Å². The van der Waals surface area contributed by atoms with Gasteiger partial charge in [0.25, 0.3) is 0 Å². The maximum absolute atomic E-state index is 4.99. The van der Waals surface area contributed by atoms with Crippen molar-refractivity contribution in [3.8, 4) is 28.5 Å². The quantitative estimate of drug-likeness (QED) is 0.161. The minimum absolute atomic E-state index is 0. The van der Waals surface area contributed by atoms with E-state index >= 15 is 0 Å². The number of benzene rings is 8. The Morgan fingerprint density at radius 1 is 0.475 bits per heavy atom. The van der Waals surface area contributed by atoms with E-state index in [-0.39, 0.29) is 20.1 Å². The Bertz CT molecular complexity index is 3530. The third-order valence-corrected chi connectivity index (χ3v) is 12.2. The number of hydrogen-bond donors (Lipinski definition) is 0. The summed E-state index contributed by atoms with van der Waals surface area (Å²) in [6.45, 7) is 9.04. The molecule has 0 bridgehead atoms. The molecule has 8 aromatic carbocycles. The Morgan fingerprint density at radius 2 is 1.03 bits per heavy atom. The van der Waals surface area contributed by atoms with Gasteiger partial charge in [0.15, 0.2) is 0 Å². The van der Waals surface area contributed by atoms with Crippen molar-refractivity contribution >= 4 is 70.9 Å². The van der Waals surface area contributed by atoms with E-state index < -0.39 is 0 Å².